The van der Waals surface area contributed by atoms with Gasteiger partial charge in [-0.3, -0.25) is 10.00 Å². The minimum absolute atomic E-state index is 0.0223. The molecule has 2 fully saturated rings. The quantitative estimate of drug-likeness (QED) is 0.838. The van der Waals surface area contributed by atoms with E-state index in [0.29, 0.717) is 22.8 Å². The maximum atomic E-state index is 12.9. The highest BCUT2D eigenvalue weighted by atomic mass is 32.2. The van der Waals surface area contributed by atoms with Gasteiger partial charge < -0.3 is 0 Å². The Balaban J connectivity index is 1.79. The van der Waals surface area contributed by atoms with Gasteiger partial charge in [0.2, 0.25) is 10.0 Å². The summed E-state index contributed by atoms with van der Waals surface area (Å²) < 4.78 is 28.7. The fraction of sp³-hybridized carbons (Fsp3) is 0.833. The summed E-state index contributed by atoms with van der Waals surface area (Å²) in [7, 11) is -3.54. The molecule has 6 nitrogen and oxygen atoms in total. The third kappa shape index (κ3) is 3.93. The third-order valence-electron chi connectivity index (χ3n) is 6.15. The molecule has 1 aliphatic heterocycles. The second-order valence-electron chi connectivity index (χ2n) is 8.04. The standard InChI is InChI=1S/C18H32N4O2S/c1-14-7-9-18(10-8-14,22-11-5-4-6-12-22)13-19-25(23,24)17-15(2)20-21-16(17)3/h14,19H,4-13H2,1-3H3,(H,20,21). The molecule has 7 heteroatoms. The van der Waals surface area contributed by atoms with E-state index in [4.69, 9.17) is 0 Å². The Morgan fingerprint density at radius 3 is 2.40 bits per heavy atom. The Morgan fingerprint density at radius 2 is 1.84 bits per heavy atom. The molecule has 1 aromatic rings. The second-order valence-corrected chi connectivity index (χ2v) is 9.75. The fourth-order valence-corrected chi connectivity index (χ4v) is 6.00. The van der Waals surface area contributed by atoms with Gasteiger partial charge in [0.15, 0.2) is 0 Å². The van der Waals surface area contributed by atoms with E-state index >= 15 is 0 Å². The monoisotopic (exact) mass is 368 g/mol. The van der Waals surface area contributed by atoms with Crippen molar-refractivity contribution in [3.8, 4) is 0 Å². The number of aromatic amines is 1. The summed E-state index contributed by atoms with van der Waals surface area (Å²) in [6.07, 6.45) is 8.28. The van der Waals surface area contributed by atoms with Crippen molar-refractivity contribution in [1.82, 2.24) is 19.8 Å². The van der Waals surface area contributed by atoms with Crippen LogP contribution in [0.2, 0.25) is 0 Å². The zero-order chi connectivity index (χ0) is 18.1. The van der Waals surface area contributed by atoms with E-state index in [0.717, 1.165) is 31.8 Å². The molecule has 0 radical (unpaired) electrons. The van der Waals surface area contributed by atoms with Gasteiger partial charge >= 0.3 is 0 Å². The van der Waals surface area contributed by atoms with E-state index in [1.165, 1.54) is 32.1 Å². The van der Waals surface area contributed by atoms with Crippen molar-refractivity contribution >= 4 is 10.0 Å². The molecule has 142 valence electrons. The largest absolute Gasteiger partial charge is 0.296 e. The molecule has 0 unspecified atom stereocenters. The maximum Gasteiger partial charge on any atom is 0.244 e. The van der Waals surface area contributed by atoms with Crippen molar-refractivity contribution < 1.29 is 8.42 Å². The predicted octanol–water partition coefficient (Wildman–Crippen LogP) is 2.74. The molecule has 0 spiro atoms. The number of nitrogens with zero attached hydrogens (tertiary/aromatic N) is 2. The molecule has 3 rings (SSSR count). The van der Waals surface area contributed by atoms with Crippen molar-refractivity contribution in [2.75, 3.05) is 19.6 Å². The maximum absolute atomic E-state index is 12.9. The van der Waals surface area contributed by atoms with E-state index in [1.807, 2.05) is 0 Å². The molecule has 0 bridgehead atoms. The van der Waals surface area contributed by atoms with E-state index in [-0.39, 0.29) is 5.54 Å². The number of hydrogen-bond donors (Lipinski definition) is 2. The Kier molecular flexibility index (Phi) is 5.56. The molecular weight excluding hydrogens is 336 g/mol. The lowest BCUT2D eigenvalue weighted by Gasteiger charge is -2.49. The normalized spacial score (nSPS) is 29.0. The van der Waals surface area contributed by atoms with Crippen molar-refractivity contribution in [3.63, 3.8) is 0 Å². The second kappa shape index (κ2) is 7.37. The van der Waals surface area contributed by atoms with E-state index < -0.39 is 10.0 Å². The first-order chi connectivity index (χ1) is 11.8. The number of aryl methyl sites for hydroxylation is 2. The molecule has 2 aliphatic rings. The highest BCUT2D eigenvalue weighted by molar-refractivity contribution is 7.89. The zero-order valence-electron chi connectivity index (χ0n) is 15.8. The zero-order valence-corrected chi connectivity index (χ0v) is 16.6. The number of hydrogen-bond acceptors (Lipinski definition) is 4. The molecule has 25 heavy (non-hydrogen) atoms. The van der Waals surface area contributed by atoms with Gasteiger partial charge in [-0.1, -0.05) is 13.3 Å². The number of likely N-dealkylation sites (tertiary alicyclic amines) is 1. The Bertz CT molecular complexity index is 664. The molecule has 1 aromatic heterocycles. The summed E-state index contributed by atoms with van der Waals surface area (Å²) in [6.45, 7) is 8.51. The number of aromatic nitrogens is 2. The first-order valence-electron chi connectivity index (χ1n) is 9.60. The van der Waals surface area contributed by atoms with Crippen LogP contribution in [0.1, 0.15) is 63.3 Å². The molecule has 0 amide bonds. The van der Waals surface area contributed by atoms with Crippen LogP contribution in [0, 0.1) is 19.8 Å². The molecule has 1 saturated heterocycles. The molecule has 0 atom stereocenters. The van der Waals surface area contributed by atoms with Gasteiger partial charge in [0.1, 0.15) is 4.90 Å². The molecular formula is C18H32N4O2S. The van der Waals surface area contributed by atoms with Crippen molar-refractivity contribution in [1.29, 1.82) is 0 Å². The first-order valence-corrected chi connectivity index (χ1v) is 11.1. The summed E-state index contributed by atoms with van der Waals surface area (Å²) in [4.78, 5) is 2.88. The highest BCUT2D eigenvalue weighted by Gasteiger charge is 2.41. The van der Waals surface area contributed by atoms with Gasteiger partial charge in [-0.25, -0.2) is 13.1 Å². The van der Waals surface area contributed by atoms with E-state index in [9.17, 15) is 8.42 Å². The number of H-pyrrole nitrogens is 1. The molecule has 1 saturated carbocycles. The summed E-state index contributed by atoms with van der Waals surface area (Å²) in [5.74, 6) is 0.743. The summed E-state index contributed by atoms with van der Waals surface area (Å²) >= 11 is 0. The Labute approximate surface area is 151 Å². The van der Waals surface area contributed by atoms with Gasteiger partial charge in [0, 0.05) is 12.1 Å². The smallest absolute Gasteiger partial charge is 0.244 e. The van der Waals surface area contributed by atoms with Crippen LogP contribution in [0.4, 0.5) is 0 Å². The van der Waals surface area contributed by atoms with Crippen molar-refractivity contribution in [2.24, 2.45) is 5.92 Å². The topological polar surface area (TPSA) is 78.1 Å². The lowest BCUT2D eigenvalue weighted by Crippen LogP contribution is -2.58. The first kappa shape index (κ1) is 18.9. The van der Waals surface area contributed by atoms with Crippen LogP contribution >= 0.6 is 0 Å². The van der Waals surface area contributed by atoms with Gasteiger partial charge in [-0.15, -0.1) is 0 Å². The SMILES string of the molecule is Cc1n[nH]c(C)c1S(=O)(=O)NCC1(N2CCCCC2)CCC(C)CC1. The predicted molar refractivity (Wildman–Crippen MR) is 99.0 cm³/mol. The number of sulfonamides is 1. The molecule has 2 heterocycles. The minimum atomic E-state index is -3.54. The minimum Gasteiger partial charge on any atom is -0.296 e. The lowest BCUT2D eigenvalue weighted by molar-refractivity contribution is 0.0270. The van der Waals surface area contributed by atoms with Crippen LogP contribution in [0.3, 0.4) is 0 Å². The Hall–Kier alpha value is -0.920. The fourth-order valence-electron chi connectivity index (χ4n) is 4.51. The summed E-state index contributed by atoms with van der Waals surface area (Å²) in [6, 6.07) is 0. The summed E-state index contributed by atoms with van der Waals surface area (Å²) in [5.41, 5.74) is 1.12. The molecule has 1 aliphatic carbocycles. The summed E-state index contributed by atoms with van der Waals surface area (Å²) in [5, 5.41) is 6.82. The van der Waals surface area contributed by atoms with E-state index in [2.05, 4.69) is 26.7 Å². The number of piperidine rings is 1. The van der Waals surface area contributed by atoms with Crippen LogP contribution in [0.15, 0.2) is 4.90 Å². The van der Waals surface area contributed by atoms with Crippen LogP contribution in [-0.4, -0.2) is 48.7 Å². The molecule has 0 aromatic carbocycles. The van der Waals surface area contributed by atoms with Crippen molar-refractivity contribution in [3.05, 3.63) is 11.4 Å². The van der Waals surface area contributed by atoms with Crippen LogP contribution < -0.4 is 4.72 Å². The Morgan fingerprint density at radius 1 is 1.20 bits per heavy atom. The highest BCUT2D eigenvalue weighted by Crippen LogP contribution is 2.38. The number of rotatable bonds is 5. The third-order valence-corrected chi connectivity index (χ3v) is 7.82. The average molecular weight is 369 g/mol. The van der Waals surface area contributed by atoms with E-state index in [1.54, 1.807) is 13.8 Å². The molecule has 2 N–H and O–H groups in total. The lowest BCUT2D eigenvalue weighted by atomic mass is 9.75. The van der Waals surface area contributed by atoms with Gasteiger partial charge in [-0.2, -0.15) is 5.10 Å². The van der Waals surface area contributed by atoms with Crippen molar-refractivity contribution in [2.45, 2.75) is 76.2 Å². The van der Waals surface area contributed by atoms with Gasteiger partial charge in [0.25, 0.3) is 0 Å². The average Bonchev–Trinajstić information content (AvgIpc) is 2.95. The van der Waals surface area contributed by atoms with Crippen LogP contribution in [-0.2, 0) is 10.0 Å². The number of nitrogens with one attached hydrogen (secondary N) is 2. The van der Waals surface area contributed by atoms with Gasteiger partial charge in [-0.05, 0) is 71.4 Å². The van der Waals surface area contributed by atoms with Crippen LogP contribution in [0.5, 0.6) is 0 Å². The van der Waals surface area contributed by atoms with Gasteiger partial charge in [0.05, 0.1) is 11.4 Å². The van der Waals surface area contributed by atoms with Crippen LogP contribution in [0.25, 0.3) is 0 Å².